The van der Waals surface area contributed by atoms with Crippen LogP contribution in [0.4, 0.5) is 0 Å². The van der Waals surface area contributed by atoms with Crippen molar-refractivity contribution in [1.29, 1.82) is 0 Å². The third-order valence-electron chi connectivity index (χ3n) is 0.682. The number of hydrogen-bond donors (Lipinski definition) is 1. The van der Waals surface area contributed by atoms with Crippen molar-refractivity contribution < 1.29 is 0 Å². The summed E-state index contributed by atoms with van der Waals surface area (Å²) < 4.78 is 0. The summed E-state index contributed by atoms with van der Waals surface area (Å²) in [6.45, 7) is 0. The van der Waals surface area contributed by atoms with Gasteiger partial charge in [-0.25, -0.2) is 15.0 Å². The van der Waals surface area contributed by atoms with Crippen molar-refractivity contribution in [2.75, 3.05) is 5.88 Å². The fourth-order valence-corrected chi connectivity index (χ4v) is 0.770. The second-order valence-electron chi connectivity index (χ2n) is 1.23. The second-order valence-corrected chi connectivity index (χ2v) is 2.22. The van der Waals surface area contributed by atoms with E-state index in [1.165, 1.54) is 24.4 Å². The molecule has 0 aliphatic rings. The molecular weight excluding hydrogens is 136 g/mol. The molecule has 2 N–H and O–H groups in total. The average molecular weight is 142 g/mol. The minimum atomic E-state index is 0.504. The molecule has 1 aromatic rings. The van der Waals surface area contributed by atoms with Crippen molar-refractivity contribution in [1.82, 2.24) is 15.0 Å². The van der Waals surface area contributed by atoms with E-state index >= 15 is 0 Å². The molecule has 1 aromatic heterocycles. The van der Waals surface area contributed by atoms with Crippen molar-refractivity contribution >= 4 is 11.8 Å². The third kappa shape index (κ3) is 1.95. The van der Waals surface area contributed by atoms with Crippen LogP contribution in [0.5, 0.6) is 0 Å². The van der Waals surface area contributed by atoms with Gasteiger partial charge in [0, 0.05) is 5.88 Å². The highest BCUT2D eigenvalue weighted by molar-refractivity contribution is 7.99. The normalized spacial score (nSPS) is 9.44. The van der Waals surface area contributed by atoms with Crippen LogP contribution in [-0.4, -0.2) is 20.8 Å². The molecule has 0 aliphatic heterocycles. The maximum Gasteiger partial charge on any atom is 0.191 e. The average Bonchev–Trinajstić information content (AvgIpc) is 1.91. The van der Waals surface area contributed by atoms with Gasteiger partial charge in [0.25, 0.3) is 0 Å². The summed E-state index contributed by atoms with van der Waals surface area (Å²) in [6.07, 6.45) is 2.90. The molecule has 0 bridgehead atoms. The van der Waals surface area contributed by atoms with Crippen molar-refractivity contribution in [3.63, 3.8) is 0 Å². The maximum atomic E-state index is 5.22. The van der Waals surface area contributed by atoms with E-state index in [0.29, 0.717) is 11.0 Å². The monoisotopic (exact) mass is 142 g/mol. The predicted molar refractivity (Wildman–Crippen MR) is 34.7 cm³/mol. The Kier molecular flexibility index (Phi) is 2.41. The van der Waals surface area contributed by atoms with Gasteiger partial charge in [-0.15, -0.1) is 0 Å². The van der Waals surface area contributed by atoms with Gasteiger partial charge < -0.3 is 5.73 Å². The highest BCUT2D eigenvalue weighted by Gasteiger charge is 1.89. The Bertz CT molecular complexity index is 165. The van der Waals surface area contributed by atoms with Gasteiger partial charge in [-0.2, -0.15) is 0 Å². The van der Waals surface area contributed by atoms with E-state index < -0.39 is 0 Å². The van der Waals surface area contributed by atoms with Gasteiger partial charge in [0.05, 0.1) is 0 Å². The number of hydrogen-bond acceptors (Lipinski definition) is 5. The van der Waals surface area contributed by atoms with Crippen molar-refractivity contribution in [2.45, 2.75) is 5.16 Å². The number of aromatic nitrogens is 3. The summed E-state index contributed by atoms with van der Waals surface area (Å²) in [5, 5.41) is 0.674. The Morgan fingerprint density at radius 2 is 2.11 bits per heavy atom. The first kappa shape index (κ1) is 6.44. The molecule has 0 radical (unpaired) electrons. The minimum absolute atomic E-state index is 0.504. The standard InChI is InChI=1S/C4H6N4S/c5-1-9-4-7-2-6-3-8-4/h2-3H,1,5H2. The summed E-state index contributed by atoms with van der Waals surface area (Å²) in [7, 11) is 0. The van der Waals surface area contributed by atoms with Crippen LogP contribution in [0, 0.1) is 0 Å². The van der Waals surface area contributed by atoms with Gasteiger partial charge in [-0.3, -0.25) is 0 Å². The molecule has 48 valence electrons. The molecule has 0 saturated heterocycles. The number of nitrogens with two attached hydrogens (primary N) is 1. The largest absolute Gasteiger partial charge is 0.322 e. The van der Waals surface area contributed by atoms with E-state index in [1.807, 2.05) is 0 Å². The van der Waals surface area contributed by atoms with E-state index in [9.17, 15) is 0 Å². The highest BCUT2D eigenvalue weighted by Crippen LogP contribution is 2.05. The van der Waals surface area contributed by atoms with Gasteiger partial charge in [-0.1, -0.05) is 11.8 Å². The number of nitrogens with zero attached hydrogens (tertiary/aromatic N) is 3. The molecule has 0 fully saturated rings. The summed E-state index contributed by atoms with van der Waals surface area (Å²) in [6, 6.07) is 0. The highest BCUT2D eigenvalue weighted by atomic mass is 32.2. The zero-order valence-corrected chi connectivity index (χ0v) is 5.51. The predicted octanol–water partition coefficient (Wildman–Crippen LogP) is -0.120. The van der Waals surface area contributed by atoms with E-state index in [4.69, 9.17) is 5.73 Å². The van der Waals surface area contributed by atoms with Crippen LogP contribution in [0.3, 0.4) is 0 Å². The van der Waals surface area contributed by atoms with Gasteiger partial charge in [0.15, 0.2) is 5.16 Å². The van der Waals surface area contributed by atoms with Crippen molar-refractivity contribution in [3.05, 3.63) is 12.7 Å². The van der Waals surface area contributed by atoms with Crippen LogP contribution in [0.25, 0.3) is 0 Å². The molecule has 0 saturated carbocycles. The molecule has 0 amide bonds. The van der Waals surface area contributed by atoms with Gasteiger partial charge in [0.2, 0.25) is 0 Å². The summed E-state index contributed by atoms with van der Waals surface area (Å²) in [4.78, 5) is 11.3. The molecule has 1 heterocycles. The molecule has 0 spiro atoms. The fraction of sp³-hybridized carbons (Fsp3) is 0.250. The van der Waals surface area contributed by atoms with E-state index in [-0.39, 0.29) is 0 Å². The first-order valence-electron chi connectivity index (χ1n) is 2.38. The Hall–Kier alpha value is -0.680. The van der Waals surface area contributed by atoms with Crippen molar-refractivity contribution in [2.24, 2.45) is 5.73 Å². The van der Waals surface area contributed by atoms with Crippen LogP contribution in [0.2, 0.25) is 0 Å². The molecule has 0 aromatic carbocycles. The lowest BCUT2D eigenvalue weighted by atomic mass is 11.1. The molecule has 0 atom stereocenters. The van der Waals surface area contributed by atoms with E-state index in [2.05, 4.69) is 15.0 Å². The van der Waals surface area contributed by atoms with Gasteiger partial charge >= 0.3 is 0 Å². The first-order valence-corrected chi connectivity index (χ1v) is 3.37. The van der Waals surface area contributed by atoms with Crippen LogP contribution >= 0.6 is 11.8 Å². The summed E-state index contributed by atoms with van der Waals surface area (Å²) in [5.74, 6) is 0.504. The number of thioether (sulfide) groups is 1. The zero-order chi connectivity index (χ0) is 6.53. The molecular formula is C4H6N4S. The lowest BCUT2D eigenvalue weighted by Crippen LogP contribution is -1.94. The lowest BCUT2D eigenvalue weighted by Gasteiger charge is -1.90. The van der Waals surface area contributed by atoms with E-state index in [0.717, 1.165) is 0 Å². The SMILES string of the molecule is NCSc1ncncn1. The van der Waals surface area contributed by atoms with Crippen molar-refractivity contribution in [3.8, 4) is 0 Å². The summed E-state index contributed by atoms with van der Waals surface area (Å²) in [5.41, 5.74) is 5.22. The van der Waals surface area contributed by atoms with Gasteiger partial charge in [-0.05, 0) is 0 Å². The third-order valence-corrected chi connectivity index (χ3v) is 1.32. The number of rotatable bonds is 2. The second kappa shape index (κ2) is 3.37. The topological polar surface area (TPSA) is 64.7 Å². The Balaban J connectivity index is 2.61. The van der Waals surface area contributed by atoms with Crippen LogP contribution in [-0.2, 0) is 0 Å². The Labute approximate surface area is 56.9 Å². The molecule has 5 heteroatoms. The minimum Gasteiger partial charge on any atom is -0.322 e. The van der Waals surface area contributed by atoms with E-state index in [1.54, 1.807) is 0 Å². The zero-order valence-electron chi connectivity index (χ0n) is 4.69. The maximum absolute atomic E-state index is 5.22. The quantitative estimate of drug-likeness (QED) is 0.460. The van der Waals surface area contributed by atoms with Crippen LogP contribution < -0.4 is 5.73 Å². The van der Waals surface area contributed by atoms with Crippen LogP contribution in [0.1, 0.15) is 0 Å². The summed E-state index contributed by atoms with van der Waals surface area (Å²) >= 11 is 1.39. The van der Waals surface area contributed by atoms with Crippen LogP contribution in [0.15, 0.2) is 17.8 Å². The van der Waals surface area contributed by atoms with Gasteiger partial charge in [0.1, 0.15) is 12.7 Å². The lowest BCUT2D eigenvalue weighted by molar-refractivity contribution is 0.902. The molecule has 9 heavy (non-hydrogen) atoms. The first-order chi connectivity index (χ1) is 4.43. The fourth-order valence-electron chi connectivity index (χ4n) is 0.378. The Morgan fingerprint density at radius 1 is 1.44 bits per heavy atom. The Morgan fingerprint density at radius 3 is 2.67 bits per heavy atom. The molecule has 4 nitrogen and oxygen atoms in total. The molecule has 1 rings (SSSR count). The molecule has 0 unspecified atom stereocenters. The smallest absolute Gasteiger partial charge is 0.191 e. The molecule has 0 aliphatic carbocycles.